The Kier molecular flexibility index (Phi) is 5.92. The fourth-order valence-corrected chi connectivity index (χ4v) is 1.06. The molecular weight excluding hydrogens is 194 g/mol. The van der Waals surface area contributed by atoms with Crippen molar-refractivity contribution in [1.82, 2.24) is 4.98 Å². The van der Waals surface area contributed by atoms with Crippen LogP contribution in [0.4, 0.5) is 0 Å². The zero-order valence-corrected chi connectivity index (χ0v) is 8.98. The van der Waals surface area contributed by atoms with Gasteiger partial charge < -0.3 is 14.6 Å². The molecule has 0 bridgehead atoms. The summed E-state index contributed by atoms with van der Waals surface area (Å²) in [6.07, 6.45) is 1.81. The molecule has 84 valence electrons. The number of hydrogen-bond donors (Lipinski definition) is 1. The number of aromatic nitrogens is 1. The summed E-state index contributed by atoms with van der Waals surface area (Å²) in [4.78, 5) is 4.16. The number of ether oxygens (including phenoxy) is 2. The summed E-state index contributed by atoms with van der Waals surface area (Å²) < 4.78 is 10.4. The summed E-state index contributed by atoms with van der Waals surface area (Å²) in [6, 6.07) is 3.96. The van der Waals surface area contributed by atoms with Crippen LogP contribution in [-0.2, 0) is 16.1 Å². The Morgan fingerprint density at radius 1 is 1.20 bits per heavy atom. The standard InChI is InChI=1S/C11H17NO3/c1-10-2-3-11(8-12-10)9-15-7-6-14-5-4-13/h2-3,8,13H,4-7,9H2,1H3. The molecule has 0 aliphatic heterocycles. The van der Waals surface area contributed by atoms with Gasteiger partial charge in [-0.15, -0.1) is 0 Å². The van der Waals surface area contributed by atoms with E-state index < -0.39 is 0 Å². The Balaban J connectivity index is 2.07. The van der Waals surface area contributed by atoms with Crippen molar-refractivity contribution in [3.8, 4) is 0 Å². The van der Waals surface area contributed by atoms with Gasteiger partial charge in [-0.05, 0) is 18.6 Å². The third-order valence-electron chi connectivity index (χ3n) is 1.85. The lowest BCUT2D eigenvalue weighted by Gasteiger charge is -2.04. The van der Waals surface area contributed by atoms with Crippen LogP contribution in [0, 0.1) is 6.92 Å². The van der Waals surface area contributed by atoms with Gasteiger partial charge in [-0.3, -0.25) is 4.98 Å². The van der Waals surface area contributed by atoms with Crippen LogP contribution < -0.4 is 0 Å². The predicted octanol–water partition coefficient (Wildman–Crippen LogP) is 0.916. The van der Waals surface area contributed by atoms with Crippen LogP contribution in [0.25, 0.3) is 0 Å². The fraction of sp³-hybridized carbons (Fsp3) is 0.545. The molecule has 1 aromatic heterocycles. The fourth-order valence-electron chi connectivity index (χ4n) is 1.06. The van der Waals surface area contributed by atoms with Crippen LogP contribution in [0.15, 0.2) is 18.3 Å². The zero-order valence-electron chi connectivity index (χ0n) is 8.98. The monoisotopic (exact) mass is 211 g/mol. The van der Waals surface area contributed by atoms with Crippen LogP contribution in [0.2, 0.25) is 0 Å². The largest absolute Gasteiger partial charge is 0.394 e. The molecule has 1 aromatic rings. The molecular formula is C11H17NO3. The highest BCUT2D eigenvalue weighted by atomic mass is 16.5. The second-order valence-electron chi connectivity index (χ2n) is 3.20. The van der Waals surface area contributed by atoms with Crippen molar-refractivity contribution in [3.05, 3.63) is 29.6 Å². The van der Waals surface area contributed by atoms with Crippen LogP contribution >= 0.6 is 0 Å². The van der Waals surface area contributed by atoms with E-state index in [0.717, 1.165) is 11.3 Å². The minimum Gasteiger partial charge on any atom is -0.394 e. The van der Waals surface area contributed by atoms with E-state index in [1.54, 1.807) is 0 Å². The molecule has 15 heavy (non-hydrogen) atoms. The van der Waals surface area contributed by atoms with E-state index in [1.165, 1.54) is 0 Å². The molecule has 0 saturated heterocycles. The third kappa shape index (κ3) is 5.47. The molecule has 4 nitrogen and oxygen atoms in total. The molecule has 0 radical (unpaired) electrons. The first-order valence-electron chi connectivity index (χ1n) is 5.01. The molecule has 0 unspecified atom stereocenters. The molecule has 0 atom stereocenters. The van der Waals surface area contributed by atoms with Crippen molar-refractivity contribution in [2.24, 2.45) is 0 Å². The highest BCUT2D eigenvalue weighted by Gasteiger charge is 1.94. The molecule has 0 aromatic carbocycles. The minimum atomic E-state index is 0.0574. The highest BCUT2D eigenvalue weighted by Crippen LogP contribution is 2.00. The molecule has 0 aliphatic rings. The Morgan fingerprint density at radius 2 is 2.00 bits per heavy atom. The topological polar surface area (TPSA) is 51.6 Å². The average molecular weight is 211 g/mol. The van der Waals surface area contributed by atoms with Gasteiger partial charge in [-0.1, -0.05) is 6.07 Å². The molecule has 0 saturated carbocycles. The number of rotatable bonds is 7. The van der Waals surface area contributed by atoms with Crippen LogP contribution in [0.3, 0.4) is 0 Å². The number of hydrogen-bond acceptors (Lipinski definition) is 4. The van der Waals surface area contributed by atoms with Gasteiger partial charge >= 0.3 is 0 Å². The maximum Gasteiger partial charge on any atom is 0.0732 e. The lowest BCUT2D eigenvalue weighted by Crippen LogP contribution is -2.07. The van der Waals surface area contributed by atoms with E-state index >= 15 is 0 Å². The molecule has 1 rings (SSSR count). The van der Waals surface area contributed by atoms with Crippen molar-refractivity contribution in [3.63, 3.8) is 0 Å². The lowest BCUT2D eigenvalue weighted by molar-refractivity contribution is 0.0273. The summed E-state index contributed by atoms with van der Waals surface area (Å²) in [5, 5.41) is 8.45. The van der Waals surface area contributed by atoms with Crippen LogP contribution in [0.5, 0.6) is 0 Å². The normalized spacial score (nSPS) is 10.5. The van der Waals surface area contributed by atoms with E-state index in [-0.39, 0.29) is 6.61 Å². The predicted molar refractivity (Wildman–Crippen MR) is 56.5 cm³/mol. The van der Waals surface area contributed by atoms with Crippen molar-refractivity contribution < 1.29 is 14.6 Å². The van der Waals surface area contributed by atoms with E-state index in [1.807, 2.05) is 25.3 Å². The smallest absolute Gasteiger partial charge is 0.0732 e. The number of aliphatic hydroxyl groups excluding tert-OH is 1. The molecule has 4 heteroatoms. The van der Waals surface area contributed by atoms with Gasteiger partial charge in [0.25, 0.3) is 0 Å². The Morgan fingerprint density at radius 3 is 2.67 bits per heavy atom. The summed E-state index contributed by atoms with van der Waals surface area (Å²) in [7, 11) is 0. The van der Waals surface area contributed by atoms with E-state index in [9.17, 15) is 0 Å². The quantitative estimate of drug-likeness (QED) is 0.681. The van der Waals surface area contributed by atoms with E-state index in [4.69, 9.17) is 14.6 Å². The van der Waals surface area contributed by atoms with Crippen molar-refractivity contribution >= 4 is 0 Å². The lowest BCUT2D eigenvalue weighted by atomic mass is 10.3. The van der Waals surface area contributed by atoms with Crippen molar-refractivity contribution in [2.75, 3.05) is 26.4 Å². The second-order valence-corrected chi connectivity index (χ2v) is 3.20. The first kappa shape index (κ1) is 12.1. The van der Waals surface area contributed by atoms with Crippen LogP contribution in [0.1, 0.15) is 11.3 Å². The second kappa shape index (κ2) is 7.34. The maximum atomic E-state index is 8.45. The van der Waals surface area contributed by atoms with Gasteiger partial charge in [0.2, 0.25) is 0 Å². The summed E-state index contributed by atoms with van der Waals surface area (Å²) in [6.45, 7) is 3.98. The summed E-state index contributed by atoms with van der Waals surface area (Å²) >= 11 is 0. The van der Waals surface area contributed by atoms with Crippen molar-refractivity contribution in [1.29, 1.82) is 0 Å². The molecule has 1 N–H and O–H groups in total. The zero-order chi connectivity index (χ0) is 10.9. The first-order chi connectivity index (χ1) is 7.33. The van der Waals surface area contributed by atoms with Gasteiger partial charge in [0.1, 0.15) is 0 Å². The average Bonchev–Trinajstić information content (AvgIpc) is 2.26. The number of aliphatic hydroxyl groups is 1. The first-order valence-corrected chi connectivity index (χ1v) is 5.01. The molecule has 1 heterocycles. The number of pyridine rings is 1. The van der Waals surface area contributed by atoms with Gasteiger partial charge in [-0.25, -0.2) is 0 Å². The molecule has 0 fully saturated rings. The molecule has 0 spiro atoms. The van der Waals surface area contributed by atoms with Crippen LogP contribution in [-0.4, -0.2) is 36.5 Å². The van der Waals surface area contributed by atoms with Gasteiger partial charge in [0.05, 0.1) is 33.0 Å². The van der Waals surface area contributed by atoms with E-state index in [2.05, 4.69) is 4.98 Å². The Bertz CT molecular complexity index is 261. The minimum absolute atomic E-state index is 0.0574. The number of aryl methyl sites for hydroxylation is 1. The summed E-state index contributed by atoms with van der Waals surface area (Å²) in [5.74, 6) is 0. The van der Waals surface area contributed by atoms with E-state index in [0.29, 0.717) is 26.4 Å². The maximum absolute atomic E-state index is 8.45. The van der Waals surface area contributed by atoms with Gasteiger partial charge in [0, 0.05) is 11.9 Å². The Hall–Kier alpha value is -0.970. The van der Waals surface area contributed by atoms with Gasteiger partial charge in [-0.2, -0.15) is 0 Å². The highest BCUT2D eigenvalue weighted by molar-refractivity contribution is 5.11. The molecule has 0 amide bonds. The SMILES string of the molecule is Cc1ccc(COCCOCCO)cn1. The Labute approximate surface area is 89.9 Å². The number of nitrogens with zero attached hydrogens (tertiary/aromatic N) is 1. The van der Waals surface area contributed by atoms with Crippen molar-refractivity contribution in [2.45, 2.75) is 13.5 Å². The molecule has 0 aliphatic carbocycles. The van der Waals surface area contributed by atoms with Gasteiger partial charge in [0.15, 0.2) is 0 Å². The third-order valence-corrected chi connectivity index (χ3v) is 1.85. The summed E-state index contributed by atoms with van der Waals surface area (Å²) in [5.41, 5.74) is 2.06.